The number of aliphatic hydroxyl groups excluding tert-OH is 3. The van der Waals surface area contributed by atoms with Gasteiger partial charge in [-0.15, -0.1) is 0 Å². The number of hydrogen-bond acceptors (Lipinski definition) is 5. The summed E-state index contributed by atoms with van der Waals surface area (Å²) in [5, 5.41) is 34.2. The van der Waals surface area contributed by atoms with Crippen molar-refractivity contribution >= 4 is 11.8 Å². The Kier molecular flexibility index (Phi) is 34.8. The van der Waals surface area contributed by atoms with Crippen molar-refractivity contribution in [3.8, 4) is 0 Å². The van der Waals surface area contributed by atoms with E-state index in [1.165, 1.54) is 116 Å². The van der Waals surface area contributed by atoms with Gasteiger partial charge in [0.05, 0.1) is 13.2 Å². The molecule has 258 valence electrons. The molecular weight excluding hydrogens is 540 g/mol. The van der Waals surface area contributed by atoms with E-state index in [1.807, 2.05) is 0 Å². The van der Waals surface area contributed by atoms with Crippen LogP contribution in [0.1, 0.15) is 201 Å². The van der Waals surface area contributed by atoms with Crippen LogP contribution in [0.25, 0.3) is 0 Å². The Bertz CT molecular complexity index is 592. The van der Waals surface area contributed by atoms with Gasteiger partial charge >= 0.3 is 5.97 Å². The van der Waals surface area contributed by atoms with E-state index < -0.39 is 17.5 Å². The molecule has 0 aromatic carbocycles. The molecule has 43 heavy (non-hydrogen) atoms. The number of carboxylic acids is 1. The van der Waals surface area contributed by atoms with E-state index in [2.05, 4.69) is 20.8 Å². The Morgan fingerprint density at radius 1 is 0.488 bits per heavy atom. The topological polar surface area (TPSA) is 115 Å². The number of hydrogen-bond donors (Lipinski definition) is 4. The zero-order chi connectivity index (χ0) is 32.4. The molecule has 0 rings (SSSR count). The summed E-state index contributed by atoms with van der Waals surface area (Å²) in [4.78, 5) is 25.7. The second-order valence-electron chi connectivity index (χ2n) is 12.9. The van der Waals surface area contributed by atoms with Gasteiger partial charge in [-0.2, -0.15) is 0 Å². The smallest absolute Gasteiger partial charge is 0.317 e. The fraction of sp³-hybridized carbons (Fsp3) is 0.946. The number of aliphatic hydroxyl groups is 3. The molecule has 0 bridgehead atoms. The average molecular weight is 615 g/mol. The molecule has 0 saturated carbocycles. The number of ketones is 1. The molecule has 4 N–H and O–H groups in total. The lowest BCUT2D eigenvalue weighted by molar-refractivity contribution is -0.156. The Morgan fingerprint density at radius 3 is 1.07 bits per heavy atom. The van der Waals surface area contributed by atoms with Crippen LogP contribution in [-0.2, 0) is 9.59 Å². The SMILES string of the molecule is CCCCCCCCCCCCCCCC(=O)C(CCCCC)(CCCCCCCCCCC)C(=O)O.OCC(O)CO. The van der Waals surface area contributed by atoms with Gasteiger partial charge in [0.25, 0.3) is 0 Å². The second-order valence-corrected chi connectivity index (χ2v) is 12.9. The van der Waals surface area contributed by atoms with Crippen molar-refractivity contribution in [3.05, 3.63) is 0 Å². The van der Waals surface area contributed by atoms with Gasteiger partial charge in [-0.3, -0.25) is 9.59 Å². The first-order valence-corrected chi connectivity index (χ1v) is 18.5. The molecule has 0 heterocycles. The number of carbonyl (C=O) groups is 2. The van der Waals surface area contributed by atoms with Crippen LogP contribution in [0.4, 0.5) is 0 Å². The number of Topliss-reactive ketones (excluding diaryl/α,β-unsaturated/α-hetero) is 1. The highest BCUT2D eigenvalue weighted by atomic mass is 16.4. The predicted octanol–water partition coefficient (Wildman–Crippen LogP) is 9.94. The number of carbonyl (C=O) groups excluding carboxylic acids is 1. The predicted molar refractivity (Wildman–Crippen MR) is 182 cm³/mol. The Morgan fingerprint density at radius 2 is 0.767 bits per heavy atom. The van der Waals surface area contributed by atoms with E-state index in [0.29, 0.717) is 19.3 Å². The fourth-order valence-corrected chi connectivity index (χ4v) is 5.75. The van der Waals surface area contributed by atoms with Crippen LogP contribution in [0.5, 0.6) is 0 Å². The zero-order valence-electron chi connectivity index (χ0n) is 28.9. The minimum Gasteiger partial charge on any atom is -0.480 e. The van der Waals surface area contributed by atoms with Crippen LogP contribution in [0.2, 0.25) is 0 Å². The first kappa shape index (κ1) is 44.1. The fourth-order valence-electron chi connectivity index (χ4n) is 5.75. The van der Waals surface area contributed by atoms with Gasteiger partial charge in [0.15, 0.2) is 0 Å². The van der Waals surface area contributed by atoms with E-state index in [0.717, 1.165) is 44.9 Å². The van der Waals surface area contributed by atoms with Gasteiger partial charge in [-0.1, -0.05) is 175 Å². The highest BCUT2D eigenvalue weighted by molar-refractivity contribution is 6.03. The van der Waals surface area contributed by atoms with Gasteiger partial charge in [-0.05, 0) is 19.3 Å². The summed E-state index contributed by atoms with van der Waals surface area (Å²) in [6.07, 6.45) is 31.0. The largest absolute Gasteiger partial charge is 0.480 e. The lowest BCUT2D eigenvalue weighted by Gasteiger charge is -2.28. The summed E-state index contributed by atoms with van der Waals surface area (Å²) in [6.45, 7) is 5.92. The van der Waals surface area contributed by atoms with Crippen LogP contribution in [0.15, 0.2) is 0 Å². The summed E-state index contributed by atoms with van der Waals surface area (Å²) in [5.74, 6) is -0.846. The van der Waals surface area contributed by atoms with Crippen molar-refractivity contribution in [2.24, 2.45) is 5.41 Å². The molecule has 1 unspecified atom stereocenters. The van der Waals surface area contributed by atoms with Gasteiger partial charge in [-0.25, -0.2) is 0 Å². The summed E-state index contributed by atoms with van der Waals surface area (Å²) < 4.78 is 0. The third-order valence-electron chi connectivity index (χ3n) is 8.79. The molecule has 6 heteroatoms. The summed E-state index contributed by atoms with van der Waals surface area (Å²) in [5.41, 5.74) is -1.13. The molecule has 0 aliphatic rings. The zero-order valence-corrected chi connectivity index (χ0v) is 28.9. The van der Waals surface area contributed by atoms with E-state index in [9.17, 15) is 14.7 Å². The highest BCUT2D eigenvalue weighted by Crippen LogP contribution is 2.35. The second kappa shape index (κ2) is 33.9. The van der Waals surface area contributed by atoms with Crippen LogP contribution >= 0.6 is 0 Å². The Balaban J connectivity index is 0. The molecule has 0 aromatic heterocycles. The minimum absolute atomic E-state index is 0.0127. The average Bonchev–Trinajstić information content (AvgIpc) is 3.01. The van der Waals surface area contributed by atoms with Crippen LogP contribution in [0, 0.1) is 5.41 Å². The number of rotatable bonds is 32. The first-order valence-electron chi connectivity index (χ1n) is 18.5. The molecule has 0 saturated heterocycles. The highest BCUT2D eigenvalue weighted by Gasteiger charge is 2.43. The molecule has 0 radical (unpaired) electrons. The Hall–Kier alpha value is -0.980. The van der Waals surface area contributed by atoms with Gasteiger partial charge in [0.1, 0.15) is 17.3 Å². The van der Waals surface area contributed by atoms with E-state index >= 15 is 0 Å². The molecule has 0 amide bonds. The van der Waals surface area contributed by atoms with Crippen molar-refractivity contribution in [2.45, 2.75) is 207 Å². The van der Waals surface area contributed by atoms with Gasteiger partial charge in [0, 0.05) is 6.42 Å². The van der Waals surface area contributed by atoms with Crippen LogP contribution in [-0.4, -0.2) is 51.5 Å². The molecule has 6 nitrogen and oxygen atoms in total. The summed E-state index contributed by atoms with van der Waals surface area (Å²) >= 11 is 0. The molecular formula is C37H74O6. The Labute approximate surface area is 266 Å². The van der Waals surface area contributed by atoms with Gasteiger partial charge in [0.2, 0.25) is 0 Å². The van der Waals surface area contributed by atoms with E-state index in [-0.39, 0.29) is 19.0 Å². The van der Waals surface area contributed by atoms with Crippen molar-refractivity contribution in [2.75, 3.05) is 13.2 Å². The van der Waals surface area contributed by atoms with Crippen molar-refractivity contribution in [1.29, 1.82) is 0 Å². The van der Waals surface area contributed by atoms with E-state index in [4.69, 9.17) is 15.3 Å². The van der Waals surface area contributed by atoms with Crippen molar-refractivity contribution in [3.63, 3.8) is 0 Å². The third kappa shape index (κ3) is 27.1. The lowest BCUT2D eigenvalue weighted by atomic mass is 9.73. The summed E-state index contributed by atoms with van der Waals surface area (Å²) in [7, 11) is 0. The molecule has 0 aliphatic heterocycles. The molecule has 1 atom stereocenters. The monoisotopic (exact) mass is 615 g/mol. The maximum Gasteiger partial charge on any atom is 0.317 e. The first-order chi connectivity index (χ1) is 20.9. The number of carboxylic acid groups (broad SMARTS) is 1. The quantitative estimate of drug-likeness (QED) is 0.0443. The summed E-state index contributed by atoms with van der Waals surface area (Å²) in [6, 6.07) is 0. The number of unbranched alkanes of at least 4 members (excludes halogenated alkanes) is 22. The van der Waals surface area contributed by atoms with Crippen LogP contribution < -0.4 is 0 Å². The van der Waals surface area contributed by atoms with Crippen LogP contribution in [0.3, 0.4) is 0 Å². The van der Waals surface area contributed by atoms with E-state index in [1.54, 1.807) is 0 Å². The molecule has 0 aromatic rings. The van der Waals surface area contributed by atoms with Crippen molar-refractivity contribution in [1.82, 2.24) is 0 Å². The molecule has 0 spiro atoms. The number of aliphatic carboxylic acids is 1. The normalized spacial score (nSPS) is 12.6. The standard InChI is InChI=1S/C34H66O3.C3H8O3/c1-4-7-10-12-14-16-17-18-19-20-22-24-26-29-32(35)34(33(36)37,30-27-9-6-3)31-28-25-23-21-15-13-11-8-5-2;4-1-3(6)2-5/h4-31H2,1-3H3,(H,36,37);3-6H,1-2H2. The lowest BCUT2D eigenvalue weighted by Crippen LogP contribution is -2.39. The minimum atomic E-state index is -1.13. The molecule has 0 fully saturated rings. The van der Waals surface area contributed by atoms with Gasteiger partial charge < -0.3 is 20.4 Å². The van der Waals surface area contributed by atoms with Crippen molar-refractivity contribution < 1.29 is 30.0 Å². The molecule has 0 aliphatic carbocycles. The third-order valence-corrected chi connectivity index (χ3v) is 8.79. The maximum absolute atomic E-state index is 13.3. The maximum atomic E-state index is 13.3.